The monoisotopic (exact) mass is 457 g/mol. The summed E-state index contributed by atoms with van der Waals surface area (Å²) < 4.78 is 2.03. The lowest BCUT2D eigenvalue weighted by atomic mass is 9.93. The molecule has 0 radical (unpaired) electrons. The number of anilines is 1. The van der Waals surface area contributed by atoms with Crippen LogP contribution >= 0.6 is 34.5 Å². The number of aromatic nitrogens is 2. The van der Waals surface area contributed by atoms with Gasteiger partial charge >= 0.3 is 0 Å². The molecule has 2 aromatic heterocycles. The Morgan fingerprint density at radius 2 is 1.90 bits per heavy atom. The molecule has 2 aromatic carbocycles. The second-order valence-corrected chi connectivity index (χ2v) is 9.91. The van der Waals surface area contributed by atoms with E-state index in [1.165, 1.54) is 11.3 Å². The maximum atomic E-state index is 12.8. The summed E-state index contributed by atoms with van der Waals surface area (Å²) in [6, 6.07) is 13.3. The summed E-state index contributed by atoms with van der Waals surface area (Å²) >= 11 is 13.9. The fraction of sp³-hybridized carbons (Fsp3) is 0.217. The molecule has 0 atom stereocenters. The number of nitrogens with zero attached hydrogens (tertiary/aromatic N) is 2. The quantitative estimate of drug-likeness (QED) is 0.363. The van der Waals surface area contributed by atoms with Gasteiger partial charge in [0.1, 0.15) is 0 Å². The highest BCUT2D eigenvalue weighted by Gasteiger charge is 2.19. The number of hydrogen-bond acceptors (Lipinski definition) is 3. The van der Waals surface area contributed by atoms with Gasteiger partial charge in [0.25, 0.3) is 0 Å². The van der Waals surface area contributed by atoms with Crippen molar-refractivity contribution in [3.05, 3.63) is 75.3 Å². The van der Waals surface area contributed by atoms with Gasteiger partial charge in [0, 0.05) is 38.1 Å². The highest BCUT2D eigenvalue weighted by atomic mass is 35.5. The normalized spacial score (nSPS) is 11.8. The van der Waals surface area contributed by atoms with Crippen molar-refractivity contribution in [3.63, 3.8) is 0 Å². The van der Waals surface area contributed by atoms with Gasteiger partial charge in [-0.2, -0.15) is 0 Å². The number of benzene rings is 2. The number of carbonyl (C=O) groups excluding carboxylic acids is 1. The Balaban J connectivity index is 1.64. The summed E-state index contributed by atoms with van der Waals surface area (Å²) in [6.45, 7) is 6.30. The molecule has 1 N–H and O–H groups in total. The molecule has 2 heterocycles. The van der Waals surface area contributed by atoms with Crippen molar-refractivity contribution < 1.29 is 4.79 Å². The Labute approximate surface area is 189 Å². The van der Waals surface area contributed by atoms with E-state index in [2.05, 4.69) is 31.1 Å². The highest BCUT2D eigenvalue weighted by Crippen LogP contribution is 2.30. The Kier molecular flexibility index (Phi) is 5.62. The van der Waals surface area contributed by atoms with Crippen molar-refractivity contribution >= 4 is 56.5 Å². The van der Waals surface area contributed by atoms with Gasteiger partial charge in [-0.1, -0.05) is 50.0 Å². The van der Waals surface area contributed by atoms with Gasteiger partial charge < -0.3 is 9.88 Å². The first-order valence-electron chi connectivity index (χ1n) is 9.52. The van der Waals surface area contributed by atoms with Crippen molar-refractivity contribution in [1.82, 2.24) is 9.55 Å². The highest BCUT2D eigenvalue weighted by molar-refractivity contribution is 7.13. The van der Waals surface area contributed by atoms with Crippen LogP contribution in [0.25, 0.3) is 16.6 Å². The minimum Gasteiger partial charge on any atom is -0.316 e. The van der Waals surface area contributed by atoms with Crippen LogP contribution in [-0.4, -0.2) is 15.5 Å². The summed E-state index contributed by atoms with van der Waals surface area (Å²) in [5.41, 5.74) is 3.69. The minimum atomic E-state index is -0.116. The van der Waals surface area contributed by atoms with Crippen molar-refractivity contribution in [2.24, 2.45) is 0 Å². The topological polar surface area (TPSA) is 46.9 Å². The molecule has 30 heavy (non-hydrogen) atoms. The van der Waals surface area contributed by atoms with Crippen LogP contribution < -0.4 is 5.32 Å². The molecule has 4 rings (SSSR count). The van der Waals surface area contributed by atoms with Gasteiger partial charge in [0.15, 0.2) is 5.13 Å². The van der Waals surface area contributed by atoms with Crippen molar-refractivity contribution in [2.45, 2.75) is 32.6 Å². The van der Waals surface area contributed by atoms with E-state index in [1.54, 1.807) is 0 Å². The zero-order chi connectivity index (χ0) is 21.5. The van der Waals surface area contributed by atoms with E-state index in [-0.39, 0.29) is 17.7 Å². The lowest BCUT2D eigenvalue weighted by Crippen LogP contribution is -2.15. The largest absolute Gasteiger partial charge is 0.316 e. The predicted molar refractivity (Wildman–Crippen MR) is 126 cm³/mol. The van der Waals surface area contributed by atoms with Crippen LogP contribution in [0.2, 0.25) is 10.0 Å². The molecular weight excluding hydrogens is 437 g/mol. The first-order chi connectivity index (χ1) is 14.2. The number of carbonyl (C=O) groups is 1. The number of amides is 1. The third-order valence-corrected chi connectivity index (χ3v) is 6.03. The molecule has 0 aliphatic carbocycles. The molecule has 0 bridgehead atoms. The van der Waals surface area contributed by atoms with E-state index in [1.807, 2.05) is 58.6 Å². The third kappa shape index (κ3) is 4.38. The van der Waals surface area contributed by atoms with Crippen LogP contribution in [-0.2, 0) is 16.6 Å². The number of hydrogen-bond donors (Lipinski definition) is 1. The van der Waals surface area contributed by atoms with Crippen molar-refractivity contribution in [3.8, 4) is 5.69 Å². The average molecular weight is 458 g/mol. The van der Waals surface area contributed by atoms with E-state index >= 15 is 0 Å². The Bertz CT molecular complexity index is 1240. The number of thiazole rings is 1. The molecule has 0 fully saturated rings. The lowest BCUT2D eigenvalue weighted by molar-refractivity contribution is -0.115. The molecule has 0 aliphatic heterocycles. The summed E-state index contributed by atoms with van der Waals surface area (Å²) in [5.74, 6) is -0.116. The van der Waals surface area contributed by atoms with Crippen LogP contribution in [0.5, 0.6) is 0 Å². The smallest absolute Gasteiger partial charge is 0.230 e. The number of nitrogens with one attached hydrogen (secondary N) is 1. The van der Waals surface area contributed by atoms with Gasteiger partial charge in [0.2, 0.25) is 5.91 Å². The average Bonchev–Trinajstić information content (AvgIpc) is 3.27. The Morgan fingerprint density at radius 3 is 2.60 bits per heavy atom. The van der Waals surface area contributed by atoms with E-state index in [0.717, 1.165) is 27.8 Å². The van der Waals surface area contributed by atoms with Gasteiger partial charge in [-0.15, -0.1) is 11.3 Å². The third-order valence-electron chi connectivity index (χ3n) is 4.81. The number of fused-ring (bicyclic) bond motifs is 1. The molecule has 4 nitrogen and oxygen atoms in total. The van der Waals surface area contributed by atoms with Crippen LogP contribution in [0.4, 0.5) is 5.13 Å². The van der Waals surface area contributed by atoms with Crippen LogP contribution in [0.15, 0.2) is 54.0 Å². The second-order valence-electron chi connectivity index (χ2n) is 8.18. The van der Waals surface area contributed by atoms with Gasteiger partial charge in [-0.3, -0.25) is 4.79 Å². The maximum absolute atomic E-state index is 12.8. The van der Waals surface area contributed by atoms with Gasteiger partial charge in [-0.25, -0.2) is 4.98 Å². The molecule has 0 saturated carbocycles. The first kappa shape index (κ1) is 20.9. The number of halogens is 2. The van der Waals surface area contributed by atoms with Crippen molar-refractivity contribution in [1.29, 1.82) is 0 Å². The minimum absolute atomic E-state index is 0.0550. The predicted octanol–water partition coefficient (Wildman–Crippen LogP) is 6.87. The molecule has 7 heteroatoms. The summed E-state index contributed by atoms with van der Waals surface area (Å²) in [5, 5.41) is 7.74. The standard InChI is InChI=1S/C23H21Cl2N3OS/c1-23(2,3)20-13-30-22(26-20)27-21(29)9-14-12-28(17-6-4-5-15(24)10-17)19-8-7-16(25)11-18(14)19/h4-8,10-13H,9H2,1-3H3,(H,26,27,29). The molecule has 4 aromatic rings. The summed E-state index contributed by atoms with van der Waals surface area (Å²) in [4.78, 5) is 17.3. The molecule has 154 valence electrons. The van der Waals surface area contributed by atoms with Crippen LogP contribution in [0.1, 0.15) is 32.0 Å². The summed E-state index contributed by atoms with van der Waals surface area (Å²) in [6.07, 6.45) is 2.18. The van der Waals surface area contributed by atoms with E-state index in [4.69, 9.17) is 23.2 Å². The Hall–Kier alpha value is -2.34. The van der Waals surface area contributed by atoms with E-state index in [0.29, 0.717) is 15.2 Å². The molecule has 0 spiro atoms. The molecule has 0 saturated heterocycles. The van der Waals surface area contributed by atoms with E-state index < -0.39 is 0 Å². The second kappa shape index (κ2) is 8.06. The van der Waals surface area contributed by atoms with Gasteiger partial charge in [0.05, 0.1) is 17.6 Å². The van der Waals surface area contributed by atoms with Gasteiger partial charge in [-0.05, 0) is 42.0 Å². The zero-order valence-electron chi connectivity index (χ0n) is 16.9. The molecule has 1 amide bonds. The lowest BCUT2D eigenvalue weighted by Gasteiger charge is -2.14. The number of rotatable bonds is 4. The molecular formula is C23H21Cl2N3OS. The maximum Gasteiger partial charge on any atom is 0.230 e. The molecule has 0 unspecified atom stereocenters. The van der Waals surface area contributed by atoms with Crippen molar-refractivity contribution in [2.75, 3.05) is 5.32 Å². The zero-order valence-corrected chi connectivity index (χ0v) is 19.2. The summed E-state index contributed by atoms with van der Waals surface area (Å²) in [7, 11) is 0. The SMILES string of the molecule is CC(C)(C)c1csc(NC(=O)Cc2cn(-c3cccc(Cl)c3)c3ccc(Cl)cc23)n1. The van der Waals surface area contributed by atoms with Crippen LogP contribution in [0.3, 0.4) is 0 Å². The van der Waals surface area contributed by atoms with Crippen LogP contribution in [0, 0.1) is 0 Å². The first-order valence-corrected chi connectivity index (χ1v) is 11.2. The van der Waals surface area contributed by atoms with E-state index in [9.17, 15) is 4.79 Å². The fourth-order valence-corrected chi connectivity index (χ4v) is 4.57. The molecule has 0 aliphatic rings. The fourth-order valence-electron chi connectivity index (χ4n) is 3.26. The Morgan fingerprint density at radius 1 is 1.13 bits per heavy atom.